The zero-order valence-electron chi connectivity index (χ0n) is 13.6. The molecule has 0 radical (unpaired) electrons. The molecule has 3 nitrogen and oxygen atoms in total. The monoisotopic (exact) mass is 329 g/mol. The van der Waals surface area contributed by atoms with Crippen LogP contribution in [0, 0.1) is 0 Å². The van der Waals surface area contributed by atoms with Crippen LogP contribution in [-0.2, 0) is 6.54 Å². The molecule has 1 aliphatic rings. The first-order valence-corrected chi connectivity index (χ1v) is 8.71. The summed E-state index contributed by atoms with van der Waals surface area (Å²) in [6.07, 6.45) is 6.17. The molecule has 1 fully saturated rings. The molecule has 1 aromatic carbocycles. The number of benzene rings is 1. The van der Waals surface area contributed by atoms with E-state index in [1.807, 2.05) is 30.6 Å². The second kappa shape index (κ2) is 7.91. The second-order valence-electron chi connectivity index (χ2n) is 6.36. The molecular weight excluding hydrogens is 306 g/mol. The van der Waals surface area contributed by atoms with Crippen molar-refractivity contribution in [1.29, 1.82) is 0 Å². The van der Waals surface area contributed by atoms with Gasteiger partial charge in [0, 0.05) is 36.0 Å². The van der Waals surface area contributed by atoms with Gasteiger partial charge in [-0.05, 0) is 62.2 Å². The predicted octanol–water partition coefficient (Wildman–Crippen LogP) is 4.05. The maximum Gasteiger partial charge on any atom is 0.0409 e. The number of nitrogens with zero attached hydrogens (tertiary/aromatic N) is 2. The van der Waals surface area contributed by atoms with Crippen LogP contribution in [0.3, 0.4) is 0 Å². The number of halogens is 1. The lowest BCUT2D eigenvalue weighted by Gasteiger charge is -2.34. The molecule has 1 aliphatic heterocycles. The lowest BCUT2D eigenvalue weighted by molar-refractivity contribution is 0.185. The minimum atomic E-state index is 0.337. The molecule has 0 aliphatic carbocycles. The van der Waals surface area contributed by atoms with Gasteiger partial charge in [-0.15, -0.1) is 0 Å². The Hall–Kier alpha value is -1.42. The van der Waals surface area contributed by atoms with E-state index in [1.54, 1.807) is 0 Å². The first-order valence-electron chi connectivity index (χ1n) is 8.33. The third-order valence-electron chi connectivity index (χ3n) is 4.55. The fourth-order valence-corrected chi connectivity index (χ4v) is 3.43. The van der Waals surface area contributed by atoms with Crippen molar-refractivity contribution >= 4 is 11.6 Å². The Morgan fingerprint density at radius 1 is 1.26 bits per heavy atom. The first kappa shape index (κ1) is 16.4. The fraction of sp³-hybridized carbons (Fsp3) is 0.421. The van der Waals surface area contributed by atoms with E-state index in [0.29, 0.717) is 12.1 Å². The number of pyridine rings is 1. The van der Waals surface area contributed by atoms with Gasteiger partial charge in [-0.2, -0.15) is 0 Å². The van der Waals surface area contributed by atoms with Gasteiger partial charge in [-0.1, -0.05) is 29.8 Å². The molecule has 0 bridgehead atoms. The summed E-state index contributed by atoms with van der Waals surface area (Å²) in [5.74, 6) is 0. The summed E-state index contributed by atoms with van der Waals surface area (Å²) in [6.45, 7) is 5.49. The summed E-state index contributed by atoms with van der Waals surface area (Å²) in [6, 6.07) is 13.2. The van der Waals surface area contributed by atoms with Gasteiger partial charge >= 0.3 is 0 Å². The van der Waals surface area contributed by atoms with Gasteiger partial charge in [-0.25, -0.2) is 0 Å². The highest BCUT2D eigenvalue weighted by Gasteiger charge is 2.21. The molecule has 1 aromatic heterocycles. The fourth-order valence-electron chi connectivity index (χ4n) is 3.23. The maximum absolute atomic E-state index is 6.09. The molecule has 122 valence electrons. The van der Waals surface area contributed by atoms with Crippen LogP contribution in [0.25, 0.3) is 0 Å². The number of aromatic nitrogens is 1. The number of likely N-dealkylation sites (tertiary alicyclic amines) is 1. The van der Waals surface area contributed by atoms with E-state index in [2.05, 4.69) is 40.3 Å². The highest BCUT2D eigenvalue weighted by Crippen LogP contribution is 2.20. The van der Waals surface area contributed by atoms with E-state index in [-0.39, 0.29) is 0 Å². The number of nitrogens with one attached hydrogen (secondary N) is 1. The summed E-state index contributed by atoms with van der Waals surface area (Å²) in [7, 11) is 0. The van der Waals surface area contributed by atoms with Crippen LogP contribution in [0.1, 0.15) is 36.9 Å². The maximum atomic E-state index is 6.09. The molecule has 4 heteroatoms. The number of piperidine rings is 1. The van der Waals surface area contributed by atoms with Crippen molar-refractivity contribution in [2.45, 2.75) is 38.4 Å². The van der Waals surface area contributed by atoms with Crippen LogP contribution in [-0.4, -0.2) is 29.0 Å². The van der Waals surface area contributed by atoms with Crippen LogP contribution in [0.2, 0.25) is 5.02 Å². The first-order chi connectivity index (χ1) is 11.2. The Morgan fingerprint density at radius 3 is 2.78 bits per heavy atom. The standard InChI is InChI=1S/C19H24ClN3/c1-15(17-5-2-6-18(20)12-17)22-19-7-10-23(11-8-19)14-16-4-3-9-21-13-16/h2-6,9,12-13,15,19,22H,7-8,10-11,14H2,1H3/t15-/m1/s1. The summed E-state index contributed by atoms with van der Waals surface area (Å²) in [4.78, 5) is 6.71. The number of rotatable bonds is 5. The lowest BCUT2D eigenvalue weighted by Crippen LogP contribution is -2.42. The van der Waals surface area contributed by atoms with E-state index in [1.165, 1.54) is 24.0 Å². The average molecular weight is 330 g/mol. The molecule has 0 unspecified atom stereocenters. The Kier molecular flexibility index (Phi) is 5.65. The Labute approximate surface area is 143 Å². The van der Waals surface area contributed by atoms with Crippen molar-refractivity contribution in [3.05, 3.63) is 64.9 Å². The van der Waals surface area contributed by atoms with Crippen LogP contribution in [0.4, 0.5) is 0 Å². The normalized spacial score (nSPS) is 18.0. The van der Waals surface area contributed by atoms with Crippen LogP contribution < -0.4 is 5.32 Å². The van der Waals surface area contributed by atoms with E-state index in [0.717, 1.165) is 24.7 Å². The van der Waals surface area contributed by atoms with E-state index in [9.17, 15) is 0 Å². The minimum Gasteiger partial charge on any atom is -0.307 e. The molecule has 0 spiro atoms. The van der Waals surface area contributed by atoms with Crippen molar-refractivity contribution in [3.8, 4) is 0 Å². The Bertz CT molecular complexity index is 609. The van der Waals surface area contributed by atoms with Gasteiger partial charge in [0.1, 0.15) is 0 Å². The van der Waals surface area contributed by atoms with Crippen LogP contribution in [0.5, 0.6) is 0 Å². The molecule has 3 rings (SSSR count). The lowest BCUT2D eigenvalue weighted by atomic mass is 10.0. The van der Waals surface area contributed by atoms with Crippen LogP contribution in [0.15, 0.2) is 48.8 Å². The molecule has 0 amide bonds. The second-order valence-corrected chi connectivity index (χ2v) is 6.79. The van der Waals surface area contributed by atoms with E-state index >= 15 is 0 Å². The minimum absolute atomic E-state index is 0.337. The van der Waals surface area contributed by atoms with Gasteiger partial charge < -0.3 is 5.32 Å². The van der Waals surface area contributed by atoms with Crippen molar-refractivity contribution < 1.29 is 0 Å². The largest absolute Gasteiger partial charge is 0.307 e. The van der Waals surface area contributed by atoms with Gasteiger partial charge in [0.05, 0.1) is 0 Å². The molecular formula is C19H24ClN3. The number of hydrogen-bond acceptors (Lipinski definition) is 3. The van der Waals surface area contributed by atoms with Gasteiger partial charge in [0.25, 0.3) is 0 Å². The molecule has 23 heavy (non-hydrogen) atoms. The zero-order valence-corrected chi connectivity index (χ0v) is 14.3. The SMILES string of the molecule is C[C@@H](NC1CCN(Cc2cccnc2)CC1)c1cccc(Cl)c1. The molecule has 2 heterocycles. The molecule has 0 saturated carbocycles. The van der Waals surface area contributed by atoms with E-state index in [4.69, 9.17) is 11.6 Å². The Balaban J connectivity index is 1.47. The van der Waals surface area contributed by atoms with Gasteiger partial charge in [0.2, 0.25) is 0 Å². The van der Waals surface area contributed by atoms with Crippen molar-refractivity contribution in [3.63, 3.8) is 0 Å². The third-order valence-corrected chi connectivity index (χ3v) is 4.79. The van der Waals surface area contributed by atoms with E-state index < -0.39 is 0 Å². The smallest absolute Gasteiger partial charge is 0.0409 e. The highest BCUT2D eigenvalue weighted by molar-refractivity contribution is 6.30. The van der Waals surface area contributed by atoms with Crippen molar-refractivity contribution in [1.82, 2.24) is 15.2 Å². The summed E-state index contributed by atoms with van der Waals surface area (Å²) >= 11 is 6.09. The predicted molar refractivity (Wildman–Crippen MR) is 95.5 cm³/mol. The Morgan fingerprint density at radius 2 is 2.09 bits per heavy atom. The summed E-state index contributed by atoms with van der Waals surface area (Å²) in [5, 5.41) is 4.56. The van der Waals surface area contributed by atoms with Gasteiger partial charge in [0.15, 0.2) is 0 Å². The third kappa shape index (κ3) is 4.77. The molecule has 1 atom stereocenters. The number of hydrogen-bond donors (Lipinski definition) is 1. The molecule has 1 saturated heterocycles. The zero-order chi connectivity index (χ0) is 16.1. The van der Waals surface area contributed by atoms with Crippen LogP contribution >= 0.6 is 11.6 Å². The van der Waals surface area contributed by atoms with Crippen molar-refractivity contribution in [2.75, 3.05) is 13.1 Å². The summed E-state index contributed by atoms with van der Waals surface area (Å²) in [5.41, 5.74) is 2.56. The highest BCUT2D eigenvalue weighted by atomic mass is 35.5. The quantitative estimate of drug-likeness (QED) is 0.897. The summed E-state index contributed by atoms with van der Waals surface area (Å²) < 4.78 is 0. The topological polar surface area (TPSA) is 28.2 Å². The molecule has 1 N–H and O–H groups in total. The molecule has 2 aromatic rings. The average Bonchev–Trinajstić information content (AvgIpc) is 2.57. The van der Waals surface area contributed by atoms with Gasteiger partial charge in [-0.3, -0.25) is 9.88 Å². The van der Waals surface area contributed by atoms with Crippen molar-refractivity contribution in [2.24, 2.45) is 0 Å².